The van der Waals surface area contributed by atoms with Crippen LogP contribution in [-0.2, 0) is 14.3 Å². The molecule has 0 aromatic heterocycles. The molecule has 1 aromatic rings. The largest absolute Gasteiger partial charge is 0.393 e. The lowest BCUT2D eigenvalue weighted by Crippen LogP contribution is -2.14. The Hall–Kier alpha value is -0.690. The van der Waals surface area contributed by atoms with Gasteiger partial charge in [0, 0.05) is 0 Å². The smallest absolute Gasteiger partial charge is 0.265 e. The van der Waals surface area contributed by atoms with Crippen molar-refractivity contribution in [2.75, 3.05) is 12.9 Å². The number of aliphatic hydroxyl groups excluding tert-OH is 1. The van der Waals surface area contributed by atoms with Crippen LogP contribution < -0.4 is 0 Å². The Morgan fingerprint density at radius 3 is 2.62 bits per heavy atom. The third-order valence-corrected chi connectivity index (χ3v) is 2.64. The Morgan fingerprint density at radius 2 is 2.19 bits per heavy atom. The zero-order chi connectivity index (χ0) is 12.3. The fraction of sp³-hybridized carbons (Fsp3) is 0.333. The van der Waals surface area contributed by atoms with Gasteiger partial charge in [0.25, 0.3) is 10.1 Å². The molecule has 0 heterocycles. The van der Waals surface area contributed by atoms with Gasteiger partial charge in [-0.1, -0.05) is 17.7 Å². The summed E-state index contributed by atoms with van der Waals surface area (Å²) in [7, 11) is -3.70. The highest BCUT2D eigenvalue weighted by Gasteiger charge is 2.17. The molecule has 1 unspecified atom stereocenters. The van der Waals surface area contributed by atoms with Crippen molar-refractivity contribution < 1.29 is 22.1 Å². The summed E-state index contributed by atoms with van der Waals surface area (Å²) < 4.78 is 39.2. The number of aliphatic hydroxyl groups is 1. The van der Waals surface area contributed by atoms with Crippen LogP contribution in [0.1, 0.15) is 11.7 Å². The Balaban J connectivity index is 3.00. The first kappa shape index (κ1) is 13.4. The first-order chi connectivity index (χ1) is 7.33. The summed E-state index contributed by atoms with van der Waals surface area (Å²) in [5, 5.41) is 8.82. The summed E-state index contributed by atoms with van der Waals surface area (Å²) in [6, 6.07) is 3.59. The van der Waals surface area contributed by atoms with E-state index in [0.717, 1.165) is 12.3 Å². The zero-order valence-electron chi connectivity index (χ0n) is 8.35. The quantitative estimate of drug-likeness (QED) is 0.841. The molecule has 0 radical (unpaired) electrons. The summed E-state index contributed by atoms with van der Waals surface area (Å²) in [6.45, 7) is -0.547. The van der Waals surface area contributed by atoms with Gasteiger partial charge in [-0.3, -0.25) is 4.18 Å². The maximum Gasteiger partial charge on any atom is 0.265 e. The molecule has 0 aliphatic heterocycles. The minimum absolute atomic E-state index is 0.159. The fourth-order valence-electron chi connectivity index (χ4n) is 1.12. The molecule has 0 aliphatic rings. The van der Waals surface area contributed by atoms with Crippen molar-refractivity contribution in [2.45, 2.75) is 6.10 Å². The van der Waals surface area contributed by atoms with Crippen LogP contribution in [0.2, 0.25) is 5.02 Å². The van der Waals surface area contributed by atoms with Crippen molar-refractivity contribution in [1.29, 1.82) is 0 Å². The third-order valence-electron chi connectivity index (χ3n) is 1.77. The molecule has 1 rings (SSSR count). The predicted molar refractivity (Wildman–Crippen MR) is 57.2 cm³/mol. The molecule has 0 spiro atoms. The van der Waals surface area contributed by atoms with E-state index < -0.39 is 28.6 Å². The molecule has 0 aliphatic carbocycles. The minimum Gasteiger partial charge on any atom is -0.393 e. The van der Waals surface area contributed by atoms with Crippen LogP contribution in [0.5, 0.6) is 0 Å². The van der Waals surface area contributed by atoms with Gasteiger partial charge in [-0.05, 0) is 17.7 Å². The van der Waals surface area contributed by atoms with Crippen molar-refractivity contribution in [3.63, 3.8) is 0 Å². The zero-order valence-corrected chi connectivity index (χ0v) is 9.93. The second kappa shape index (κ2) is 5.09. The average Bonchev–Trinajstić information content (AvgIpc) is 2.17. The predicted octanol–water partition coefficient (Wildman–Crippen LogP) is 1.49. The molecule has 1 N–H and O–H groups in total. The maximum atomic E-state index is 12.9. The summed E-state index contributed by atoms with van der Waals surface area (Å²) in [6.07, 6.45) is -0.214. The summed E-state index contributed by atoms with van der Waals surface area (Å²) >= 11 is 5.52. The summed E-state index contributed by atoms with van der Waals surface area (Å²) in [4.78, 5) is 0. The third kappa shape index (κ3) is 3.71. The monoisotopic (exact) mass is 268 g/mol. The number of halogens is 2. The molecule has 0 fully saturated rings. The second-order valence-electron chi connectivity index (χ2n) is 3.15. The first-order valence-electron chi connectivity index (χ1n) is 4.27. The van der Waals surface area contributed by atoms with Crippen LogP contribution in [0, 0.1) is 5.82 Å². The van der Waals surface area contributed by atoms with Gasteiger partial charge in [-0.15, -0.1) is 0 Å². The molecular weight excluding hydrogens is 259 g/mol. The van der Waals surface area contributed by atoms with Gasteiger partial charge in [-0.25, -0.2) is 4.39 Å². The van der Waals surface area contributed by atoms with E-state index in [1.807, 2.05) is 0 Å². The Labute approximate surface area is 97.7 Å². The standard InChI is InChI=1S/C9H10ClFO4S/c1-16(13,14)15-9(5-12)6-2-3-8(11)7(10)4-6/h2-4,9,12H,5H2,1H3. The summed E-state index contributed by atoms with van der Waals surface area (Å²) in [5.74, 6) is -0.624. The van der Waals surface area contributed by atoms with E-state index in [1.54, 1.807) is 0 Å². The van der Waals surface area contributed by atoms with E-state index >= 15 is 0 Å². The van der Waals surface area contributed by atoms with Crippen molar-refractivity contribution in [3.05, 3.63) is 34.6 Å². The number of benzene rings is 1. The first-order valence-corrected chi connectivity index (χ1v) is 6.47. The number of rotatable bonds is 4. The minimum atomic E-state index is -3.70. The van der Waals surface area contributed by atoms with Crippen molar-refractivity contribution in [2.24, 2.45) is 0 Å². The van der Waals surface area contributed by atoms with E-state index in [9.17, 15) is 12.8 Å². The molecule has 90 valence electrons. The van der Waals surface area contributed by atoms with Crippen LogP contribution in [0.3, 0.4) is 0 Å². The average molecular weight is 269 g/mol. The van der Waals surface area contributed by atoms with Gasteiger partial charge in [-0.2, -0.15) is 8.42 Å². The molecule has 1 aromatic carbocycles. The van der Waals surface area contributed by atoms with E-state index in [-0.39, 0.29) is 5.02 Å². The molecule has 0 bridgehead atoms. The lowest BCUT2D eigenvalue weighted by molar-refractivity contribution is 0.123. The van der Waals surface area contributed by atoms with Gasteiger partial charge in [0.05, 0.1) is 17.9 Å². The van der Waals surface area contributed by atoms with Gasteiger partial charge in [0.1, 0.15) is 11.9 Å². The fourth-order valence-corrected chi connectivity index (χ4v) is 1.90. The molecule has 16 heavy (non-hydrogen) atoms. The van der Waals surface area contributed by atoms with Crippen molar-refractivity contribution >= 4 is 21.7 Å². The van der Waals surface area contributed by atoms with Crippen molar-refractivity contribution in [1.82, 2.24) is 0 Å². The molecule has 7 heteroatoms. The Kier molecular flexibility index (Phi) is 4.26. The van der Waals surface area contributed by atoms with Gasteiger partial charge >= 0.3 is 0 Å². The van der Waals surface area contributed by atoms with E-state index in [2.05, 4.69) is 4.18 Å². The van der Waals surface area contributed by atoms with E-state index in [1.165, 1.54) is 12.1 Å². The molecule has 0 saturated heterocycles. The van der Waals surface area contributed by atoms with Crippen molar-refractivity contribution in [3.8, 4) is 0 Å². The molecule has 4 nitrogen and oxygen atoms in total. The van der Waals surface area contributed by atoms with Crippen LogP contribution in [0.4, 0.5) is 4.39 Å². The van der Waals surface area contributed by atoms with Gasteiger partial charge in [0.15, 0.2) is 0 Å². The molecule has 1 atom stereocenters. The van der Waals surface area contributed by atoms with Crippen LogP contribution in [-0.4, -0.2) is 26.4 Å². The van der Waals surface area contributed by atoms with Crippen LogP contribution in [0.25, 0.3) is 0 Å². The molecular formula is C9H10ClFO4S. The highest BCUT2D eigenvalue weighted by Crippen LogP contribution is 2.24. The van der Waals surface area contributed by atoms with Crippen LogP contribution >= 0.6 is 11.6 Å². The lowest BCUT2D eigenvalue weighted by Gasteiger charge is -2.14. The number of hydrogen-bond acceptors (Lipinski definition) is 4. The van der Waals surface area contributed by atoms with Gasteiger partial charge < -0.3 is 5.11 Å². The Morgan fingerprint density at radius 1 is 1.56 bits per heavy atom. The van der Waals surface area contributed by atoms with Crippen LogP contribution in [0.15, 0.2) is 18.2 Å². The second-order valence-corrected chi connectivity index (χ2v) is 5.15. The van der Waals surface area contributed by atoms with E-state index in [0.29, 0.717) is 5.56 Å². The molecule has 0 amide bonds. The van der Waals surface area contributed by atoms with Gasteiger partial charge in [0.2, 0.25) is 0 Å². The normalized spacial score (nSPS) is 13.8. The summed E-state index contributed by atoms with van der Waals surface area (Å²) in [5.41, 5.74) is 0.291. The Bertz CT molecular complexity index is 474. The SMILES string of the molecule is CS(=O)(=O)OC(CO)c1ccc(F)c(Cl)c1. The lowest BCUT2D eigenvalue weighted by atomic mass is 10.1. The molecule has 0 saturated carbocycles. The highest BCUT2D eigenvalue weighted by atomic mass is 35.5. The highest BCUT2D eigenvalue weighted by molar-refractivity contribution is 7.86. The maximum absolute atomic E-state index is 12.9. The van der Waals surface area contributed by atoms with E-state index in [4.69, 9.17) is 16.7 Å². The number of hydrogen-bond donors (Lipinski definition) is 1. The topological polar surface area (TPSA) is 63.6 Å².